The zero-order valence-corrected chi connectivity index (χ0v) is 15.3. The number of carbonyl (C=O) groups excluding carboxylic acids is 1. The van der Waals surface area contributed by atoms with Gasteiger partial charge in [0.2, 0.25) is 5.88 Å². The van der Waals surface area contributed by atoms with Crippen LogP contribution in [-0.2, 0) is 11.3 Å². The van der Waals surface area contributed by atoms with E-state index < -0.39 is 0 Å². The molecule has 1 amide bonds. The largest absolute Gasteiger partial charge is 0.472 e. The van der Waals surface area contributed by atoms with Crippen LogP contribution in [-0.4, -0.2) is 48.3 Å². The van der Waals surface area contributed by atoms with Crippen molar-refractivity contribution in [1.82, 2.24) is 15.3 Å². The topological polar surface area (TPSA) is 76.6 Å². The van der Waals surface area contributed by atoms with Crippen molar-refractivity contribution in [3.63, 3.8) is 0 Å². The number of hydrogen-bond donors (Lipinski definition) is 1. The Bertz CT molecular complexity index is 786. The number of nitrogens with zero attached hydrogens (tertiary/aromatic N) is 3. The fourth-order valence-electron chi connectivity index (χ4n) is 3.45. The van der Waals surface area contributed by atoms with Crippen molar-refractivity contribution in [1.29, 1.82) is 0 Å². The van der Waals surface area contributed by atoms with Crippen LogP contribution in [0, 0.1) is 0 Å². The van der Waals surface area contributed by atoms with Crippen molar-refractivity contribution in [2.45, 2.75) is 31.9 Å². The number of aromatic nitrogens is 2. The summed E-state index contributed by atoms with van der Waals surface area (Å²) < 4.78 is 11.1. The highest BCUT2D eigenvalue weighted by Crippen LogP contribution is 2.22. The molecule has 0 aliphatic carbocycles. The highest BCUT2D eigenvalue weighted by atomic mass is 16.5. The lowest BCUT2D eigenvalue weighted by atomic mass is 10.2. The molecule has 0 bridgehead atoms. The Balaban J connectivity index is 1.39. The molecule has 0 unspecified atom stereocenters. The van der Waals surface area contributed by atoms with E-state index >= 15 is 0 Å². The van der Waals surface area contributed by atoms with Gasteiger partial charge in [-0.1, -0.05) is 6.07 Å². The van der Waals surface area contributed by atoms with Gasteiger partial charge >= 0.3 is 0 Å². The van der Waals surface area contributed by atoms with Gasteiger partial charge in [0, 0.05) is 55.6 Å². The van der Waals surface area contributed by atoms with Crippen LogP contribution in [0.4, 0.5) is 5.82 Å². The Kier molecular flexibility index (Phi) is 5.48. The van der Waals surface area contributed by atoms with Crippen molar-refractivity contribution in [2.24, 2.45) is 0 Å². The molecule has 1 atom stereocenters. The maximum Gasteiger partial charge on any atom is 0.251 e. The molecule has 0 saturated carbocycles. The zero-order valence-electron chi connectivity index (χ0n) is 15.3. The number of pyridine rings is 2. The number of anilines is 1. The molecule has 2 aliphatic heterocycles. The lowest BCUT2D eigenvalue weighted by Gasteiger charge is -2.20. The van der Waals surface area contributed by atoms with E-state index in [1.54, 1.807) is 24.5 Å². The van der Waals surface area contributed by atoms with Gasteiger partial charge in [0.25, 0.3) is 5.91 Å². The van der Waals surface area contributed by atoms with Crippen molar-refractivity contribution >= 4 is 11.7 Å². The lowest BCUT2D eigenvalue weighted by molar-refractivity contribution is 0.0949. The van der Waals surface area contributed by atoms with Crippen LogP contribution in [0.2, 0.25) is 0 Å². The van der Waals surface area contributed by atoms with E-state index in [2.05, 4.69) is 20.2 Å². The number of hydrogen-bond acceptors (Lipinski definition) is 6. The SMILES string of the molecule is O=C(NCc1cccnc1N1CCCC1)c1ccnc(O[C@H]2CCOC2)c1. The van der Waals surface area contributed by atoms with E-state index in [-0.39, 0.29) is 12.0 Å². The highest BCUT2D eigenvalue weighted by Gasteiger charge is 2.19. The summed E-state index contributed by atoms with van der Waals surface area (Å²) in [7, 11) is 0. The predicted molar refractivity (Wildman–Crippen MR) is 101 cm³/mol. The van der Waals surface area contributed by atoms with E-state index in [4.69, 9.17) is 9.47 Å². The second-order valence-corrected chi connectivity index (χ2v) is 6.85. The normalized spacial score (nSPS) is 19.3. The summed E-state index contributed by atoms with van der Waals surface area (Å²) in [6, 6.07) is 7.29. The maximum atomic E-state index is 12.6. The van der Waals surface area contributed by atoms with Crippen LogP contribution in [0.3, 0.4) is 0 Å². The van der Waals surface area contributed by atoms with Crippen molar-refractivity contribution < 1.29 is 14.3 Å². The Morgan fingerprint density at radius 3 is 2.96 bits per heavy atom. The summed E-state index contributed by atoms with van der Waals surface area (Å²) in [6.07, 6.45) is 6.63. The lowest BCUT2D eigenvalue weighted by Crippen LogP contribution is -2.26. The standard InChI is InChI=1S/C20H24N4O3/c25-20(15-5-8-21-18(12-15)27-17-6-11-26-14-17)23-13-16-4-3-7-22-19(16)24-9-1-2-10-24/h3-5,7-8,12,17H,1-2,6,9-11,13-14H2,(H,23,25)/t17-/m0/s1. The van der Waals surface area contributed by atoms with Crippen molar-refractivity contribution in [3.8, 4) is 5.88 Å². The number of nitrogens with one attached hydrogen (secondary N) is 1. The minimum atomic E-state index is -0.152. The fourth-order valence-corrected chi connectivity index (χ4v) is 3.45. The third-order valence-electron chi connectivity index (χ3n) is 4.88. The molecule has 0 spiro atoms. The number of rotatable bonds is 6. The van der Waals surface area contributed by atoms with Gasteiger partial charge in [-0.15, -0.1) is 0 Å². The molecule has 0 aromatic carbocycles. The van der Waals surface area contributed by atoms with Crippen LogP contribution in [0.5, 0.6) is 5.88 Å². The zero-order chi connectivity index (χ0) is 18.5. The molecule has 2 aliphatic rings. The monoisotopic (exact) mass is 368 g/mol. The first-order chi connectivity index (χ1) is 13.3. The van der Waals surface area contributed by atoms with Crippen molar-refractivity contribution in [2.75, 3.05) is 31.2 Å². The Morgan fingerprint density at radius 1 is 1.26 bits per heavy atom. The smallest absolute Gasteiger partial charge is 0.251 e. The molecule has 142 valence electrons. The third-order valence-corrected chi connectivity index (χ3v) is 4.88. The molecular weight excluding hydrogens is 344 g/mol. The van der Waals surface area contributed by atoms with Gasteiger partial charge in [-0.2, -0.15) is 0 Å². The summed E-state index contributed by atoms with van der Waals surface area (Å²) >= 11 is 0. The molecule has 1 N–H and O–H groups in total. The van der Waals surface area contributed by atoms with Gasteiger partial charge in [0.1, 0.15) is 11.9 Å². The number of amides is 1. The first-order valence-electron chi connectivity index (χ1n) is 9.47. The molecule has 2 aromatic rings. The number of ether oxygens (including phenoxy) is 2. The van der Waals surface area contributed by atoms with Crippen LogP contribution in [0.15, 0.2) is 36.7 Å². The first kappa shape index (κ1) is 17.7. The minimum Gasteiger partial charge on any atom is -0.472 e. The molecule has 4 heterocycles. The molecule has 2 fully saturated rings. The summed E-state index contributed by atoms with van der Waals surface area (Å²) in [5, 5.41) is 2.99. The Labute approximate surface area is 158 Å². The third kappa shape index (κ3) is 4.36. The van der Waals surface area contributed by atoms with E-state index in [0.29, 0.717) is 31.2 Å². The molecule has 7 nitrogen and oxygen atoms in total. The van der Waals surface area contributed by atoms with E-state index in [1.807, 2.05) is 12.1 Å². The highest BCUT2D eigenvalue weighted by molar-refractivity contribution is 5.94. The molecule has 2 aromatic heterocycles. The van der Waals surface area contributed by atoms with Gasteiger partial charge in [0.05, 0.1) is 13.2 Å². The quantitative estimate of drug-likeness (QED) is 0.842. The molecular formula is C20H24N4O3. The van der Waals surface area contributed by atoms with Gasteiger partial charge in [-0.05, 0) is 25.0 Å². The predicted octanol–water partition coefficient (Wildman–Crippen LogP) is 2.17. The first-order valence-corrected chi connectivity index (χ1v) is 9.47. The minimum absolute atomic E-state index is 0.00854. The van der Waals surface area contributed by atoms with Crippen LogP contribution in [0.25, 0.3) is 0 Å². The molecule has 7 heteroatoms. The van der Waals surface area contributed by atoms with E-state index in [9.17, 15) is 4.79 Å². The maximum absolute atomic E-state index is 12.6. The summed E-state index contributed by atoms with van der Waals surface area (Å²) in [6.45, 7) is 3.75. The summed E-state index contributed by atoms with van der Waals surface area (Å²) in [5.41, 5.74) is 1.56. The Hall–Kier alpha value is -2.67. The second-order valence-electron chi connectivity index (χ2n) is 6.85. The van der Waals surface area contributed by atoms with Gasteiger partial charge in [-0.3, -0.25) is 4.79 Å². The average Bonchev–Trinajstić information content (AvgIpc) is 3.41. The molecule has 4 rings (SSSR count). The van der Waals surface area contributed by atoms with Gasteiger partial charge in [0.15, 0.2) is 0 Å². The van der Waals surface area contributed by atoms with Gasteiger partial charge in [-0.25, -0.2) is 9.97 Å². The fraction of sp³-hybridized carbons (Fsp3) is 0.450. The summed E-state index contributed by atoms with van der Waals surface area (Å²) in [5.74, 6) is 1.27. The van der Waals surface area contributed by atoms with Crippen LogP contribution in [0.1, 0.15) is 35.2 Å². The van der Waals surface area contributed by atoms with Crippen LogP contribution >= 0.6 is 0 Å². The number of carbonyl (C=O) groups is 1. The molecule has 2 saturated heterocycles. The average molecular weight is 368 g/mol. The Morgan fingerprint density at radius 2 is 2.15 bits per heavy atom. The molecule has 0 radical (unpaired) electrons. The molecule has 27 heavy (non-hydrogen) atoms. The summed E-state index contributed by atoms with van der Waals surface area (Å²) in [4.78, 5) is 23.6. The van der Waals surface area contributed by atoms with E-state index in [1.165, 1.54) is 12.8 Å². The van der Waals surface area contributed by atoms with Gasteiger partial charge < -0.3 is 19.7 Å². The van der Waals surface area contributed by atoms with E-state index in [0.717, 1.165) is 30.9 Å². The van der Waals surface area contributed by atoms with Crippen LogP contribution < -0.4 is 15.0 Å². The van der Waals surface area contributed by atoms with Crippen molar-refractivity contribution in [3.05, 3.63) is 47.8 Å². The second kappa shape index (κ2) is 8.35.